The van der Waals surface area contributed by atoms with Crippen LogP contribution >= 0.6 is 0 Å². The SMILES string of the molecule is CC(C)NC1CCCNC1O. The van der Waals surface area contributed by atoms with E-state index in [9.17, 15) is 5.11 Å². The molecule has 3 heteroatoms. The van der Waals surface area contributed by atoms with E-state index in [2.05, 4.69) is 24.5 Å². The molecule has 0 aromatic heterocycles. The van der Waals surface area contributed by atoms with Crippen LogP contribution in [0.5, 0.6) is 0 Å². The zero-order valence-electron chi connectivity index (χ0n) is 7.30. The van der Waals surface area contributed by atoms with Gasteiger partial charge in [-0.25, -0.2) is 0 Å². The molecular formula is C8H18N2O. The molecule has 2 atom stereocenters. The van der Waals surface area contributed by atoms with Crippen molar-refractivity contribution in [3.05, 3.63) is 0 Å². The van der Waals surface area contributed by atoms with Crippen molar-refractivity contribution in [3.63, 3.8) is 0 Å². The Morgan fingerprint density at radius 3 is 2.82 bits per heavy atom. The Morgan fingerprint density at radius 2 is 2.27 bits per heavy atom. The van der Waals surface area contributed by atoms with Gasteiger partial charge in [0.1, 0.15) is 6.23 Å². The van der Waals surface area contributed by atoms with Crippen molar-refractivity contribution in [1.82, 2.24) is 10.6 Å². The van der Waals surface area contributed by atoms with Crippen molar-refractivity contribution in [2.75, 3.05) is 6.54 Å². The number of nitrogens with one attached hydrogen (secondary N) is 2. The highest BCUT2D eigenvalue weighted by molar-refractivity contribution is 4.80. The molecule has 2 unspecified atom stereocenters. The van der Waals surface area contributed by atoms with Crippen molar-refractivity contribution in [1.29, 1.82) is 0 Å². The Bertz CT molecular complexity index is 117. The average molecular weight is 158 g/mol. The maximum absolute atomic E-state index is 9.44. The molecule has 1 fully saturated rings. The third kappa shape index (κ3) is 2.77. The van der Waals surface area contributed by atoms with Gasteiger partial charge in [0.2, 0.25) is 0 Å². The van der Waals surface area contributed by atoms with Crippen LogP contribution < -0.4 is 10.6 Å². The van der Waals surface area contributed by atoms with E-state index in [-0.39, 0.29) is 12.3 Å². The third-order valence-corrected chi connectivity index (χ3v) is 1.97. The second-order valence-electron chi connectivity index (χ2n) is 3.47. The largest absolute Gasteiger partial charge is 0.377 e. The van der Waals surface area contributed by atoms with Crippen molar-refractivity contribution < 1.29 is 5.11 Å². The molecule has 0 aromatic rings. The lowest BCUT2D eigenvalue weighted by atomic mass is 10.1. The maximum Gasteiger partial charge on any atom is 0.120 e. The zero-order chi connectivity index (χ0) is 8.27. The number of piperidine rings is 1. The first-order valence-electron chi connectivity index (χ1n) is 4.37. The lowest BCUT2D eigenvalue weighted by molar-refractivity contribution is 0.0671. The summed E-state index contributed by atoms with van der Waals surface area (Å²) >= 11 is 0. The van der Waals surface area contributed by atoms with Gasteiger partial charge in [-0.3, -0.25) is 5.32 Å². The summed E-state index contributed by atoms with van der Waals surface area (Å²) in [4.78, 5) is 0. The van der Waals surface area contributed by atoms with Crippen LogP contribution in [-0.4, -0.2) is 30.0 Å². The number of hydrogen-bond acceptors (Lipinski definition) is 3. The summed E-state index contributed by atoms with van der Waals surface area (Å²) in [5.74, 6) is 0. The normalized spacial score (nSPS) is 32.7. The smallest absolute Gasteiger partial charge is 0.120 e. The minimum Gasteiger partial charge on any atom is -0.377 e. The van der Waals surface area contributed by atoms with E-state index in [1.807, 2.05) is 0 Å². The molecule has 0 aliphatic carbocycles. The molecule has 0 spiro atoms. The Balaban J connectivity index is 2.29. The summed E-state index contributed by atoms with van der Waals surface area (Å²) in [6.07, 6.45) is 1.87. The molecule has 1 heterocycles. The first-order chi connectivity index (χ1) is 5.20. The second-order valence-corrected chi connectivity index (χ2v) is 3.47. The summed E-state index contributed by atoms with van der Waals surface area (Å²) in [7, 11) is 0. The predicted molar refractivity (Wildman–Crippen MR) is 45.3 cm³/mol. The fourth-order valence-corrected chi connectivity index (χ4v) is 1.47. The van der Waals surface area contributed by atoms with Crippen LogP contribution in [-0.2, 0) is 0 Å². The Hall–Kier alpha value is -0.120. The van der Waals surface area contributed by atoms with E-state index in [4.69, 9.17) is 0 Å². The first kappa shape index (κ1) is 8.97. The van der Waals surface area contributed by atoms with Crippen LogP contribution in [0.25, 0.3) is 0 Å². The van der Waals surface area contributed by atoms with Crippen molar-refractivity contribution in [2.45, 2.75) is 45.0 Å². The molecular weight excluding hydrogens is 140 g/mol. The van der Waals surface area contributed by atoms with Crippen LogP contribution in [0.2, 0.25) is 0 Å². The standard InChI is InChI=1S/C8H18N2O/c1-6(2)10-7-4-3-5-9-8(7)11/h6-11H,3-5H2,1-2H3. The highest BCUT2D eigenvalue weighted by Crippen LogP contribution is 2.06. The molecule has 3 N–H and O–H groups in total. The lowest BCUT2D eigenvalue weighted by Crippen LogP contribution is -2.53. The molecule has 1 rings (SSSR count). The summed E-state index contributed by atoms with van der Waals surface area (Å²) in [6.45, 7) is 5.14. The predicted octanol–water partition coefficient (Wildman–Crippen LogP) is 0.0548. The van der Waals surface area contributed by atoms with Crippen molar-refractivity contribution in [2.24, 2.45) is 0 Å². The van der Waals surface area contributed by atoms with Gasteiger partial charge in [-0.15, -0.1) is 0 Å². The third-order valence-electron chi connectivity index (χ3n) is 1.97. The van der Waals surface area contributed by atoms with Gasteiger partial charge in [0, 0.05) is 12.1 Å². The molecule has 0 bridgehead atoms. The number of aliphatic hydroxyl groups is 1. The van der Waals surface area contributed by atoms with Crippen LogP contribution in [0, 0.1) is 0 Å². The summed E-state index contributed by atoms with van der Waals surface area (Å²) in [6, 6.07) is 0.693. The monoisotopic (exact) mass is 158 g/mol. The van der Waals surface area contributed by atoms with Gasteiger partial charge < -0.3 is 10.4 Å². The van der Waals surface area contributed by atoms with Gasteiger partial charge in [-0.2, -0.15) is 0 Å². The molecule has 1 aliphatic heterocycles. The highest BCUT2D eigenvalue weighted by Gasteiger charge is 2.22. The minimum atomic E-state index is -0.355. The first-order valence-corrected chi connectivity index (χ1v) is 4.37. The van der Waals surface area contributed by atoms with E-state index in [0.717, 1.165) is 19.4 Å². The summed E-state index contributed by atoms with van der Waals surface area (Å²) in [5, 5.41) is 15.8. The lowest BCUT2D eigenvalue weighted by Gasteiger charge is -2.30. The Morgan fingerprint density at radius 1 is 1.55 bits per heavy atom. The van der Waals surface area contributed by atoms with E-state index >= 15 is 0 Å². The number of hydrogen-bond donors (Lipinski definition) is 3. The topological polar surface area (TPSA) is 44.3 Å². The van der Waals surface area contributed by atoms with Crippen LogP contribution in [0.4, 0.5) is 0 Å². The summed E-state index contributed by atoms with van der Waals surface area (Å²) in [5.41, 5.74) is 0. The second kappa shape index (κ2) is 4.04. The van der Waals surface area contributed by atoms with Crippen molar-refractivity contribution >= 4 is 0 Å². The van der Waals surface area contributed by atoms with E-state index < -0.39 is 0 Å². The fraction of sp³-hybridized carbons (Fsp3) is 1.00. The number of rotatable bonds is 2. The van der Waals surface area contributed by atoms with Gasteiger partial charge in [0.25, 0.3) is 0 Å². The molecule has 0 radical (unpaired) electrons. The molecule has 0 saturated carbocycles. The average Bonchev–Trinajstić information content (AvgIpc) is 1.93. The fourth-order valence-electron chi connectivity index (χ4n) is 1.47. The molecule has 1 saturated heterocycles. The van der Waals surface area contributed by atoms with Crippen molar-refractivity contribution in [3.8, 4) is 0 Å². The van der Waals surface area contributed by atoms with Gasteiger partial charge >= 0.3 is 0 Å². The van der Waals surface area contributed by atoms with Crippen LogP contribution in [0.15, 0.2) is 0 Å². The summed E-state index contributed by atoms with van der Waals surface area (Å²) < 4.78 is 0. The van der Waals surface area contributed by atoms with Gasteiger partial charge in [-0.1, -0.05) is 13.8 Å². The molecule has 1 aliphatic rings. The molecule has 3 nitrogen and oxygen atoms in total. The quantitative estimate of drug-likeness (QED) is 0.532. The minimum absolute atomic E-state index is 0.240. The Labute approximate surface area is 68.2 Å². The molecule has 0 amide bonds. The molecule has 11 heavy (non-hydrogen) atoms. The van der Waals surface area contributed by atoms with Crippen LogP contribution in [0.1, 0.15) is 26.7 Å². The van der Waals surface area contributed by atoms with E-state index in [0.29, 0.717) is 6.04 Å². The molecule has 0 aromatic carbocycles. The van der Waals surface area contributed by atoms with Gasteiger partial charge in [0.15, 0.2) is 0 Å². The zero-order valence-corrected chi connectivity index (χ0v) is 7.30. The van der Waals surface area contributed by atoms with E-state index in [1.54, 1.807) is 0 Å². The van der Waals surface area contributed by atoms with Crippen LogP contribution in [0.3, 0.4) is 0 Å². The molecule has 66 valence electrons. The van der Waals surface area contributed by atoms with Gasteiger partial charge in [-0.05, 0) is 19.4 Å². The highest BCUT2D eigenvalue weighted by atomic mass is 16.3. The maximum atomic E-state index is 9.44. The Kier molecular flexibility index (Phi) is 3.30. The van der Waals surface area contributed by atoms with E-state index in [1.165, 1.54) is 0 Å². The van der Waals surface area contributed by atoms with Gasteiger partial charge in [0.05, 0.1) is 0 Å². The number of aliphatic hydroxyl groups excluding tert-OH is 1.